The predicted molar refractivity (Wildman–Crippen MR) is 115 cm³/mol. The summed E-state index contributed by atoms with van der Waals surface area (Å²) >= 11 is 0. The van der Waals surface area contributed by atoms with Gasteiger partial charge in [0.05, 0.1) is 24.3 Å². The minimum atomic E-state index is -0.345. The molecule has 0 atom stereocenters. The fraction of sp³-hybridized carbons (Fsp3) is 0.304. The van der Waals surface area contributed by atoms with Gasteiger partial charge in [0.15, 0.2) is 0 Å². The largest absolute Gasteiger partial charge is 0.469 e. The van der Waals surface area contributed by atoms with E-state index >= 15 is 0 Å². The topological polar surface area (TPSA) is 70.7 Å². The van der Waals surface area contributed by atoms with Gasteiger partial charge in [0.1, 0.15) is 5.82 Å². The lowest BCUT2D eigenvalue weighted by Gasteiger charge is -2.32. The van der Waals surface area contributed by atoms with Crippen LogP contribution in [0.5, 0.6) is 0 Å². The summed E-state index contributed by atoms with van der Waals surface area (Å²) in [7, 11) is 1.39. The van der Waals surface area contributed by atoms with E-state index in [-0.39, 0.29) is 23.6 Å². The number of hydrogen-bond donors (Lipinski definition) is 2. The van der Waals surface area contributed by atoms with Gasteiger partial charge in [-0.2, -0.15) is 0 Å². The van der Waals surface area contributed by atoms with Crippen molar-refractivity contribution in [2.45, 2.75) is 19.8 Å². The van der Waals surface area contributed by atoms with E-state index < -0.39 is 0 Å². The molecule has 6 nitrogen and oxygen atoms in total. The van der Waals surface area contributed by atoms with Crippen LogP contribution in [0.4, 0.5) is 21.5 Å². The summed E-state index contributed by atoms with van der Waals surface area (Å²) < 4.78 is 19.6. The molecule has 0 unspecified atom stereocenters. The van der Waals surface area contributed by atoms with Crippen molar-refractivity contribution < 1.29 is 18.7 Å². The van der Waals surface area contributed by atoms with E-state index in [4.69, 9.17) is 4.74 Å². The maximum atomic E-state index is 14.8. The first-order chi connectivity index (χ1) is 14.5. The van der Waals surface area contributed by atoms with Crippen molar-refractivity contribution in [2.75, 3.05) is 35.7 Å². The second-order valence-corrected chi connectivity index (χ2v) is 7.60. The van der Waals surface area contributed by atoms with Crippen LogP contribution in [-0.2, 0) is 14.3 Å². The van der Waals surface area contributed by atoms with E-state index in [9.17, 15) is 14.0 Å². The number of nitrogens with zero attached hydrogens (tertiary/aromatic N) is 1. The van der Waals surface area contributed by atoms with Gasteiger partial charge in [-0.3, -0.25) is 9.59 Å². The van der Waals surface area contributed by atoms with Crippen molar-refractivity contribution >= 4 is 34.5 Å². The predicted octanol–water partition coefficient (Wildman–Crippen LogP) is 3.93. The van der Waals surface area contributed by atoms with Crippen LogP contribution in [0.2, 0.25) is 0 Å². The molecule has 1 fully saturated rings. The summed E-state index contributed by atoms with van der Waals surface area (Å²) in [6, 6.07) is 10.6. The third-order valence-corrected chi connectivity index (χ3v) is 5.74. The van der Waals surface area contributed by atoms with Crippen LogP contribution in [0.1, 0.15) is 24.0 Å². The van der Waals surface area contributed by atoms with Crippen LogP contribution in [0.25, 0.3) is 5.57 Å². The van der Waals surface area contributed by atoms with Gasteiger partial charge in [0.2, 0.25) is 0 Å². The minimum absolute atomic E-state index is 0.120. The van der Waals surface area contributed by atoms with Gasteiger partial charge >= 0.3 is 5.97 Å². The van der Waals surface area contributed by atoms with E-state index in [2.05, 4.69) is 10.6 Å². The van der Waals surface area contributed by atoms with Crippen molar-refractivity contribution in [2.24, 2.45) is 5.92 Å². The molecule has 0 bridgehead atoms. The van der Waals surface area contributed by atoms with Crippen molar-refractivity contribution in [3.05, 3.63) is 59.5 Å². The molecule has 0 aliphatic carbocycles. The highest BCUT2D eigenvalue weighted by Gasteiger charge is 2.27. The molecule has 2 aromatic rings. The highest BCUT2D eigenvalue weighted by molar-refractivity contribution is 6.32. The molecule has 2 heterocycles. The van der Waals surface area contributed by atoms with Crippen LogP contribution >= 0.6 is 0 Å². The van der Waals surface area contributed by atoms with Gasteiger partial charge in [-0.05, 0) is 49.6 Å². The number of rotatable bonds is 4. The quantitative estimate of drug-likeness (QED) is 0.592. The van der Waals surface area contributed by atoms with E-state index in [1.165, 1.54) is 13.2 Å². The third kappa shape index (κ3) is 3.75. The lowest BCUT2D eigenvalue weighted by Crippen LogP contribution is -2.37. The Morgan fingerprint density at radius 3 is 2.73 bits per heavy atom. The second kappa shape index (κ2) is 8.18. The minimum Gasteiger partial charge on any atom is -0.469 e. The van der Waals surface area contributed by atoms with E-state index in [1.54, 1.807) is 18.3 Å². The monoisotopic (exact) mass is 409 g/mol. The summed E-state index contributed by atoms with van der Waals surface area (Å²) in [5.41, 5.74) is 4.23. The van der Waals surface area contributed by atoms with Gasteiger partial charge < -0.3 is 20.3 Å². The lowest BCUT2D eigenvalue weighted by atomic mass is 9.96. The number of esters is 1. The van der Waals surface area contributed by atoms with Crippen molar-refractivity contribution in [3.8, 4) is 0 Å². The number of methoxy groups -OCH3 is 1. The second-order valence-electron chi connectivity index (χ2n) is 7.60. The number of piperidine rings is 1. The van der Waals surface area contributed by atoms with Crippen molar-refractivity contribution in [1.29, 1.82) is 0 Å². The number of hydrogen-bond acceptors (Lipinski definition) is 5. The number of halogens is 1. The number of benzene rings is 2. The highest BCUT2D eigenvalue weighted by atomic mass is 19.1. The number of carbonyl (C=O) groups is 2. The van der Waals surface area contributed by atoms with Crippen LogP contribution in [0.3, 0.4) is 0 Å². The molecule has 2 aliphatic rings. The Morgan fingerprint density at radius 1 is 1.27 bits per heavy atom. The fourth-order valence-electron chi connectivity index (χ4n) is 4.10. The number of fused-ring (bicyclic) bond motifs is 1. The van der Waals surface area contributed by atoms with Crippen molar-refractivity contribution in [1.82, 2.24) is 0 Å². The Kier molecular flexibility index (Phi) is 5.44. The molecular formula is C23H24FN3O3. The molecule has 0 saturated carbocycles. The number of ether oxygens (including phenoxy) is 1. The van der Waals surface area contributed by atoms with E-state index in [0.29, 0.717) is 42.9 Å². The molecule has 30 heavy (non-hydrogen) atoms. The van der Waals surface area contributed by atoms with Crippen LogP contribution in [0, 0.1) is 18.7 Å². The first-order valence-electron chi connectivity index (χ1n) is 9.98. The molecule has 2 N–H and O–H groups in total. The average molecular weight is 409 g/mol. The number of amides is 1. The van der Waals surface area contributed by atoms with Crippen molar-refractivity contribution in [3.63, 3.8) is 0 Å². The Bertz CT molecular complexity index is 1030. The zero-order valence-electron chi connectivity index (χ0n) is 17.0. The normalized spacial score (nSPS) is 17.6. The van der Waals surface area contributed by atoms with Crippen LogP contribution in [0.15, 0.2) is 42.6 Å². The Labute approximate surface area is 174 Å². The van der Waals surface area contributed by atoms with Gasteiger partial charge in [-0.1, -0.05) is 12.1 Å². The fourth-order valence-corrected chi connectivity index (χ4v) is 4.10. The Hall–Kier alpha value is -3.35. The molecule has 1 saturated heterocycles. The van der Waals surface area contributed by atoms with Gasteiger partial charge in [0, 0.05) is 36.2 Å². The van der Waals surface area contributed by atoms with Crippen LogP contribution in [-0.4, -0.2) is 32.1 Å². The number of aryl methyl sites for hydroxylation is 1. The zero-order chi connectivity index (χ0) is 21.3. The standard InChI is InChI=1S/C23H24FN3O3/c1-14-4-3-5-19-21(14)17(22(28)26-19)13-25-16-6-7-20(18(24)12-16)27-10-8-15(9-11-27)23(29)30-2/h3-7,12-13,15,25H,8-11H2,1-2H3,(H,26,28)/b17-13-. The maximum Gasteiger partial charge on any atom is 0.308 e. The first-order valence-corrected chi connectivity index (χ1v) is 9.98. The first kappa shape index (κ1) is 19.9. The number of anilines is 3. The molecule has 2 aromatic carbocycles. The summed E-state index contributed by atoms with van der Waals surface area (Å²) in [4.78, 5) is 25.9. The zero-order valence-corrected chi connectivity index (χ0v) is 17.0. The Morgan fingerprint density at radius 2 is 2.03 bits per heavy atom. The molecule has 0 spiro atoms. The van der Waals surface area contributed by atoms with Gasteiger partial charge in [0.25, 0.3) is 5.91 Å². The van der Waals surface area contributed by atoms with Crippen LogP contribution < -0.4 is 15.5 Å². The number of nitrogens with one attached hydrogen (secondary N) is 2. The molecule has 156 valence electrons. The van der Waals surface area contributed by atoms with Gasteiger partial charge in [-0.25, -0.2) is 4.39 Å². The van der Waals surface area contributed by atoms with E-state index in [1.807, 2.05) is 30.0 Å². The lowest BCUT2D eigenvalue weighted by molar-refractivity contribution is -0.146. The summed E-state index contributed by atoms with van der Waals surface area (Å²) in [6.07, 6.45) is 2.91. The smallest absolute Gasteiger partial charge is 0.308 e. The Balaban J connectivity index is 1.47. The van der Waals surface area contributed by atoms with E-state index in [0.717, 1.165) is 16.8 Å². The molecule has 0 aromatic heterocycles. The highest BCUT2D eigenvalue weighted by Crippen LogP contribution is 2.34. The summed E-state index contributed by atoms with van der Waals surface area (Å²) in [6.45, 7) is 3.15. The average Bonchev–Trinajstić information content (AvgIpc) is 3.08. The summed E-state index contributed by atoms with van der Waals surface area (Å²) in [5, 5.41) is 5.89. The number of carbonyl (C=O) groups excluding carboxylic acids is 2. The molecule has 0 radical (unpaired) electrons. The van der Waals surface area contributed by atoms with Gasteiger partial charge in [-0.15, -0.1) is 0 Å². The molecule has 2 aliphatic heterocycles. The third-order valence-electron chi connectivity index (χ3n) is 5.74. The summed E-state index contributed by atoms with van der Waals surface area (Å²) in [5.74, 6) is -0.846. The molecular weight excluding hydrogens is 385 g/mol. The SMILES string of the molecule is COC(=O)C1CCN(c2ccc(N/C=C3\C(=O)Nc4cccc(C)c43)cc2F)CC1. The maximum absolute atomic E-state index is 14.8. The molecule has 7 heteroatoms. The molecule has 4 rings (SSSR count). The molecule has 1 amide bonds.